The summed E-state index contributed by atoms with van der Waals surface area (Å²) >= 11 is 11.9. The number of nitrogens with two attached hydrogens (primary N) is 1. The van der Waals surface area contributed by atoms with Gasteiger partial charge in [-0.3, -0.25) is 0 Å². The molecule has 2 rings (SSSR count). The molecule has 0 aliphatic rings. The lowest BCUT2D eigenvalue weighted by Crippen LogP contribution is -2.16. The van der Waals surface area contributed by atoms with Crippen molar-refractivity contribution >= 4 is 34.8 Å². The van der Waals surface area contributed by atoms with Crippen molar-refractivity contribution < 1.29 is 4.52 Å². The third kappa shape index (κ3) is 2.37. The molecular formula is C11H12Cl2N4O. The molecule has 0 fully saturated rings. The Balaban J connectivity index is 2.46. The van der Waals surface area contributed by atoms with Crippen molar-refractivity contribution in [3.8, 4) is 11.5 Å². The summed E-state index contributed by atoms with van der Waals surface area (Å²) in [6.45, 7) is 2.76. The monoisotopic (exact) mass is 286 g/mol. The van der Waals surface area contributed by atoms with E-state index in [1.165, 1.54) is 0 Å². The normalized spacial score (nSPS) is 10.7. The van der Waals surface area contributed by atoms with Gasteiger partial charge in [0.25, 0.3) is 11.8 Å². The molecule has 1 aromatic heterocycles. The minimum absolute atomic E-state index is 0.298. The fourth-order valence-corrected chi connectivity index (χ4v) is 1.88. The number of benzene rings is 1. The lowest BCUT2D eigenvalue weighted by Gasteiger charge is -2.08. The van der Waals surface area contributed by atoms with Crippen LogP contribution >= 0.6 is 23.2 Å². The van der Waals surface area contributed by atoms with Crippen molar-refractivity contribution in [2.45, 2.75) is 6.92 Å². The zero-order chi connectivity index (χ0) is 13.3. The number of hydrogen-bond donors (Lipinski definition) is 1. The van der Waals surface area contributed by atoms with Crippen LogP contribution in [0.3, 0.4) is 0 Å². The van der Waals surface area contributed by atoms with Gasteiger partial charge < -0.3 is 15.2 Å². The Bertz CT molecular complexity index is 570. The third-order valence-corrected chi connectivity index (χ3v) is 3.09. The molecule has 0 radical (unpaired) electrons. The molecule has 0 aliphatic carbocycles. The summed E-state index contributed by atoms with van der Waals surface area (Å²) in [5.74, 6) is 0.787. The first-order chi connectivity index (χ1) is 8.52. The number of aromatic nitrogens is 2. The minimum Gasteiger partial charge on any atom is -0.397 e. The quantitative estimate of drug-likeness (QED) is 0.878. The highest BCUT2D eigenvalue weighted by molar-refractivity contribution is 6.37. The van der Waals surface area contributed by atoms with Crippen LogP contribution < -0.4 is 10.6 Å². The molecule has 1 aromatic carbocycles. The zero-order valence-electron chi connectivity index (χ0n) is 9.94. The van der Waals surface area contributed by atoms with Gasteiger partial charge in [0, 0.05) is 18.6 Å². The second-order valence-electron chi connectivity index (χ2n) is 3.76. The topological polar surface area (TPSA) is 68.2 Å². The van der Waals surface area contributed by atoms with E-state index in [9.17, 15) is 0 Å². The summed E-state index contributed by atoms with van der Waals surface area (Å²) in [4.78, 5) is 6.09. The van der Waals surface area contributed by atoms with Gasteiger partial charge in [0.1, 0.15) is 0 Å². The van der Waals surface area contributed by atoms with Crippen molar-refractivity contribution in [1.82, 2.24) is 10.1 Å². The zero-order valence-corrected chi connectivity index (χ0v) is 11.5. The van der Waals surface area contributed by atoms with E-state index in [2.05, 4.69) is 10.1 Å². The molecule has 18 heavy (non-hydrogen) atoms. The van der Waals surface area contributed by atoms with Gasteiger partial charge in [-0.05, 0) is 24.2 Å². The number of hydrogen-bond acceptors (Lipinski definition) is 5. The molecule has 0 unspecified atom stereocenters. The van der Waals surface area contributed by atoms with Gasteiger partial charge in [-0.25, -0.2) is 0 Å². The Labute approximate surface area is 114 Å². The Morgan fingerprint density at radius 2 is 2.11 bits per heavy atom. The second kappa shape index (κ2) is 5.04. The summed E-state index contributed by atoms with van der Waals surface area (Å²) in [6, 6.07) is 3.21. The first-order valence-electron chi connectivity index (χ1n) is 5.32. The van der Waals surface area contributed by atoms with Crippen LogP contribution in [0.25, 0.3) is 11.5 Å². The Kier molecular flexibility index (Phi) is 3.63. The molecular weight excluding hydrogens is 275 g/mol. The maximum absolute atomic E-state index is 5.96. The summed E-state index contributed by atoms with van der Waals surface area (Å²) in [5, 5.41) is 4.69. The largest absolute Gasteiger partial charge is 0.397 e. The van der Waals surface area contributed by atoms with Crippen molar-refractivity contribution in [1.29, 1.82) is 0 Å². The van der Waals surface area contributed by atoms with Crippen LogP contribution in [0.4, 0.5) is 11.6 Å². The van der Waals surface area contributed by atoms with Crippen LogP contribution in [-0.2, 0) is 0 Å². The number of rotatable bonds is 3. The molecule has 0 aliphatic heterocycles. The molecule has 0 atom stereocenters. The van der Waals surface area contributed by atoms with Gasteiger partial charge in [-0.1, -0.05) is 23.2 Å². The summed E-state index contributed by atoms with van der Waals surface area (Å²) < 4.78 is 5.16. The number of nitrogen functional groups attached to an aromatic ring is 1. The fraction of sp³-hybridized carbons (Fsp3) is 0.273. The first-order valence-corrected chi connectivity index (χ1v) is 6.08. The fourth-order valence-electron chi connectivity index (χ4n) is 1.38. The smallest absolute Gasteiger partial charge is 0.266 e. The van der Waals surface area contributed by atoms with E-state index >= 15 is 0 Å². The molecule has 0 bridgehead atoms. The van der Waals surface area contributed by atoms with Gasteiger partial charge in [0.05, 0.1) is 16.3 Å². The van der Waals surface area contributed by atoms with Crippen LogP contribution in [0.1, 0.15) is 6.92 Å². The van der Waals surface area contributed by atoms with E-state index < -0.39 is 0 Å². The lowest BCUT2D eigenvalue weighted by molar-refractivity contribution is 0.430. The molecule has 2 aromatic rings. The van der Waals surface area contributed by atoms with E-state index in [4.69, 9.17) is 33.5 Å². The molecule has 5 nitrogen and oxygen atoms in total. The standard InChI is InChI=1S/C11H12Cl2N4O/c1-3-17(2)11-15-10(18-16-11)7-4-6(12)5-8(13)9(7)14/h4-5H,3,14H2,1-2H3. The molecule has 2 N–H and O–H groups in total. The van der Waals surface area contributed by atoms with Gasteiger partial charge >= 0.3 is 0 Å². The van der Waals surface area contributed by atoms with Crippen LogP contribution in [0.15, 0.2) is 16.7 Å². The van der Waals surface area contributed by atoms with Gasteiger partial charge in [-0.15, -0.1) is 0 Å². The number of halogens is 2. The second-order valence-corrected chi connectivity index (χ2v) is 4.61. The third-order valence-electron chi connectivity index (χ3n) is 2.56. The molecule has 96 valence electrons. The van der Waals surface area contributed by atoms with Crippen LogP contribution in [0.5, 0.6) is 0 Å². The Morgan fingerprint density at radius 3 is 2.78 bits per heavy atom. The van der Waals surface area contributed by atoms with Gasteiger partial charge in [-0.2, -0.15) is 4.98 Å². The SMILES string of the molecule is CCN(C)c1noc(-c2cc(Cl)cc(Cl)c2N)n1. The van der Waals surface area contributed by atoms with Gasteiger partial charge in [0.2, 0.25) is 0 Å². The van der Waals surface area contributed by atoms with E-state index in [1.807, 2.05) is 18.9 Å². The molecule has 0 saturated heterocycles. The van der Waals surface area contributed by atoms with Crippen LogP contribution in [0, 0.1) is 0 Å². The molecule has 0 saturated carbocycles. The van der Waals surface area contributed by atoms with E-state index in [0.29, 0.717) is 33.1 Å². The van der Waals surface area contributed by atoms with E-state index in [-0.39, 0.29) is 0 Å². The summed E-state index contributed by atoms with van der Waals surface area (Å²) in [6.07, 6.45) is 0. The average Bonchev–Trinajstić information content (AvgIpc) is 2.82. The Morgan fingerprint density at radius 1 is 1.39 bits per heavy atom. The lowest BCUT2D eigenvalue weighted by atomic mass is 10.2. The average molecular weight is 287 g/mol. The highest BCUT2D eigenvalue weighted by Gasteiger charge is 2.16. The van der Waals surface area contributed by atoms with E-state index in [0.717, 1.165) is 6.54 Å². The maximum atomic E-state index is 5.96. The minimum atomic E-state index is 0.298. The van der Waals surface area contributed by atoms with Crippen LogP contribution in [-0.4, -0.2) is 23.7 Å². The first kappa shape index (κ1) is 13.0. The number of anilines is 2. The number of nitrogens with zero attached hydrogens (tertiary/aromatic N) is 3. The van der Waals surface area contributed by atoms with Crippen molar-refractivity contribution in [2.24, 2.45) is 0 Å². The summed E-state index contributed by atoms with van der Waals surface area (Å²) in [7, 11) is 1.86. The van der Waals surface area contributed by atoms with Gasteiger partial charge in [0.15, 0.2) is 0 Å². The highest BCUT2D eigenvalue weighted by Crippen LogP contribution is 2.34. The van der Waals surface area contributed by atoms with Crippen molar-refractivity contribution in [2.75, 3.05) is 24.2 Å². The summed E-state index contributed by atoms with van der Waals surface area (Å²) in [5.41, 5.74) is 6.78. The van der Waals surface area contributed by atoms with Crippen molar-refractivity contribution in [3.05, 3.63) is 22.2 Å². The van der Waals surface area contributed by atoms with E-state index in [1.54, 1.807) is 12.1 Å². The molecule has 0 spiro atoms. The predicted molar refractivity (Wildman–Crippen MR) is 73.1 cm³/mol. The molecule has 0 amide bonds. The highest BCUT2D eigenvalue weighted by atomic mass is 35.5. The predicted octanol–water partition coefficient (Wildman–Crippen LogP) is 3.08. The van der Waals surface area contributed by atoms with Crippen molar-refractivity contribution in [3.63, 3.8) is 0 Å². The maximum Gasteiger partial charge on any atom is 0.266 e. The molecule has 7 heteroatoms. The molecule has 1 heterocycles. The Hall–Kier alpha value is -1.46. The van der Waals surface area contributed by atoms with Crippen LogP contribution in [0.2, 0.25) is 10.0 Å².